The van der Waals surface area contributed by atoms with Crippen LogP contribution >= 0.6 is 12.4 Å². The molecular weight excluding hydrogens is 269 g/mol. The van der Waals surface area contributed by atoms with Crippen LogP contribution in [0.15, 0.2) is 24.3 Å². The molecule has 3 N–H and O–H groups in total. The number of benzene rings is 1. The Hall–Kier alpha value is -1.33. The fourth-order valence-corrected chi connectivity index (χ4v) is 1.65. The van der Waals surface area contributed by atoms with Crippen molar-refractivity contribution in [2.24, 2.45) is 5.73 Å². The van der Waals surface area contributed by atoms with Gasteiger partial charge in [0.15, 0.2) is 0 Å². The van der Waals surface area contributed by atoms with Crippen molar-refractivity contribution in [3.8, 4) is 0 Å². The van der Waals surface area contributed by atoms with Crippen molar-refractivity contribution >= 4 is 24.0 Å². The van der Waals surface area contributed by atoms with E-state index in [-0.39, 0.29) is 24.1 Å². The SMILES string of the molecule is CN(CCCNC(=O)CCN)c1ccccc1F.Cl. The Balaban J connectivity index is 0.00000324. The van der Waals surface area contributed by atoms with E-state index in [9.17, 15) is 9.18 Å². The standard InChI is InChI=1S/C13H20FN3O.ClH/c1-17(12-6-3-2-5-11(12)14)10-4-9-16-13(18)7-8-15;/h2-3,5-6H,4,7-10,15H2,1H3,(H,16,18);1H. The maximum Gasteiger partial charge on any atom is 0.221 e. The van der Waals surface area contributed by atoms with Gasteiger partial charge in [-0.3, -0.25) is 4.79 Å². The molecule has 0 aliphatic heterocycles. The van der Waals surface area contributed by atoms with Crippen molar-refractivity contribution in [3.63, 3.8) is 0 Å². The molecule has 0 aliphatic carbocycles. The van der Waals surface area contributed by atoms with Crippen LogP contribution in [0.1, 0.15) is 12.8 Å². The van der Waals surface area contributed by atoms with Crippen LogP contribution in [-0.4, -0.2) is 32.6 Å². The maximum absolute atomic E-state index is 13.5. The molecule has 108 valence electrons. The fourth-order valence-electron chi connectivity index (χ4n) is 1.65. The molecule has 1 rings (SSSR count). The van der Waals surface area contributed by atoms with Crippen LogP contribution in [0.4, 0.5) is 10.1 Å². The minimum Gasteiger partial charge on any atom is -0.372 e. The van der Waals surface area contributed by atoms with E-state index in [0.29, 0.717) is 31.7 Å². The Kier molecular flexibility index (Phi) is 8.91. The van der Waals surface area contributed by atoms with E-state index in [1.807, 2.05) is 11.9 Å². The first-order valence-electron chi connectivity index (χ1n) is 6.07. The van der Waals surface area contributed by atoms with Crippen molar-refractivity contribution in [3.05, 3.63) is 30.1 Å². The van der Waals surface area contributed by atoms with Gasteiger partial charge in [-0.25, -0.2) is 4.39 Å². The van der Waals surface area contributed by atoms with Gasteiger partial charge in [-0.1, -0.05) is 12.1 Å². The topological polar surface area (TPSA) is 58.4 Å². The largest absolute Gasteiger partial charge is 0.372 e. The predicted molar refractivity (Wildman–Crippen MR) is 78.2 cm³/mol. The van der Waals surface area contributed by atoms with Gasteiger partial charge in [0, 0.05) is 33.1 Å². The molecule has 0 fully saturated rings. The van der Waals surface area contributed by atoms with Gasteiger partial charge in [0.25, 0.3) is 0 Å². The number of carbonyl (C=O) groups excluding carboxylic acids is 1. The van der Waals surface area contributed by atoms with E-state index in [1.54, 1.807) is 18.2 Å². The van der Waals surface area contributed by atoms with Crippen LogP contribution in [0.5, 0.6) is 0 Å². The van der Waals surface area contributed by atoms with Crippen LogP contribution in [0.2, 0.25) is 0 Å². The molecule has 0 spiro atoms. The lowest BCUT2D eigenvalue weighted by Gasteiger charge is -2.19. The van der Waals surface area contributed by atoms with Gasteiger partial charge in [0.1, 0.15) is 5.82 Å². The first kappa shape index (κ1) is 17.7. The van der Waals surface area contributed by atoms with Crippen LogP contribution in [0.3, 0.4) is 0 Å². The minimum atomic E-state index is -0.229. The molecule has 0 aromatic heterocycles. The molecule has 1 aromatic rings. The molecule has 6 heteroatoms. The number of anilines is 1. The van der Waals surface area contributed by atoms with Crippen LogP contribution < -0.4 is 16.0 Å². The van der Waals surface area contributed by atoms with Crippen LogP contribution in [0.25, 0.3) is 0 Å². The highest BCUT2D eigenvalue weighted by atomic mass is 35.5. The summed E-state index contributed by atoms with van der Waals surface area (Å²) in [6.07, 6.45) is 1.12. The number of carbonyl (C=O) groups is 1. The third-order valence-corrected chi connectivity index (χ3v) is 2.63. The molecule has 4 nitrogen and oxygen atoms in total. The lowest BCUT2D eigenvalue weighted by atomic mass is 10.2. The molecule has 1 aromatic carbocycles. The van der Waals surface area contributed by atoms with Gasteiger partial charge in [-0.15, -0.1) is 12.4 Å². The van der Waals surface area contributed by atoms with Gasteiger partial charge in [0.05, 0.1) is 5.69 Å². The first-order valence-corrected chi connectivity index (χ1v) is 6.07. The first-order chi connectivity index (χ1) is 8.65. The van der Waals surface area contributed by atoms with Gasteiger partial charge < -0.3 is 16.0 Å². The highest BCUT2D eigenvalue weighted by Gasteiger charge is 2.06. The lowest BCUT2D eigenvalue weighted by Crippen LogP contribution is -2.29. The lowest BCUT2D eigenvalue weighted by molar-refractivity contribution is -0.120. The summed E-state index contributed by atoms with van der Waals surface area (Å²) in [5.74, 6) is -0.266. The molecular formula is C13H21ClFN3O. The van der Waals surface area contributed by atoms with Crippen molar-refractivity contribution in [2.75, 3.05) is 31.6 Å². The molecule has 0 saturated heterocycles. The van der Waals surface area contributed by atoms with Crippen molar-refractivity contribution in [1.29, 1.82) is 0 Å². The summed E-state index contributed by atoms with van der Waals surface area (Å²) in [5.41, 5.74) is 5.84. The van der Waals surface area contributed by atoms with Crippen LogP contribution in [-0.2, 0) is 4.79 Å². The summed E-state index contributed by atoms with van der Waals surface area (Å²) in [6.45, 7) is 1.63. The predicted octanol–water partition coefficient (Wildman–Crippen LogP) is 1.54. The van der Waals surface area contributed by atoms with Gasteiger partial charge >= 0.3 is 0 Å². The van der Waals surface area contributed by atoms with Crippen molar-refractivity contribution in [2.45, 2.75) is 12.8 Å². The summed E-state index contributed by atoms with van der Waals surface area (Å²) in [4.78, 5) is 13.0. The number of nitrogens with zero attached hydrogens (tertiary/aromatic N) is 1. The average molecular weight is 290 g/mol. The van der Waals surface area contributed by atoms with Gasteiger partial charge in [-0.05, 0) is 18.6 Å². The van der Waals surface area contributed by atoms with Crippen LogP contribution in [0, 0.1) is 5.82 Å². The van der Waals surface area contributed by atoms with Crippen molar-refractivity contribution < 1.29 is 9.18 Å². The number of para-hydroxylation sites is 1. The highest BCUT2D eigenvalue weighted by molar-refractivity contribution is 5.85. The van der Waals surface area contributed by atoms with E-state index in [0.717, 1.165) is 6.42 Å². The summed E-state index contributed by atoms with van der Waals surface area (Å²) in [5, 5.41) is 2.77. The third-order valence-electron chi connectivity index (χ3n) is 2.63. The number of hydrogen-bond acceptors (Lipinski definition) is 3. The highest BCUT2D eigenvalue weighted by Crippen LogP contribution is 2.16. The Labute approximate surface area is 119 Å². The smallest absolute Gasteiger partial charge is 0.221 e. The maximum atomic E-state index is 13.5. The molecule has 0 radical (unpaired) electrons. The number of nitrogens with one attached hydrogen (secondary N) is 1. The summed E-state index contributed by atoms with van der Waals surface area (Å²) >= 11 is 0. The molecule has 0 atom stereocenters. The summed E-state index contributed by atoms with van der Waals surface area (Å²) < 4.78 is 13.5. The molecule has 1 amide bonds. The number of amides is 1. The second-order valence-electron chi connectivity index (χ2n) is 4.12. The van der Waals surface area contributed by atoms with E-state index in [2.05, 4.69) is 5.32 Å². The van der Waals surface area contributed by atoms with Gasteiger partial charge in [-0.2, -0.15) is 0 Å². The Morgan fingerprint density at radius 1 is 1.42 bits per heavy atom. The summed E-state index contributed by atoms with van der Waals surface area (Å²) in [6, 6.07) is 6.65. The number of rotatable bonds is 7. The molecule has 0 unspecified atom stereocenters. The molecule has 0 heterocycles. The zero-order chi connectivity index (χ0) is 13.4. The Morgan fingerprint density at radius 2 is 2.11 bits per heavy atom. The second-order valence-corrected chi connectivity index (χ2v) is 4.12. The zero-order valence-corrected chi connectivity index (χ0v) is 11.9. The average Bonchev–Trinajstić information content (AvgIpc) is 2.35. The number of hydrogen-bond donors (Lipinski definition) is 2. The van der Waals surface area contributed by atoms with Gasteiger partial charge in [0.2, 0.25) is 5.91 Å². The molecule has 19 heavy (non-hydrogen) atoms. The molecule has 0 saturated carbocycles. The van der Waals surface area contributed by atoms with E-state index >= 15 is 0 Å². The number of nitrogens with two attached hydrogens (primary N) is 1. The summed E-state index contributed by atoms with van der Waals surface area (Å²) in [7, 11) is 1.83. The Bertz CT molecular complexity index is 390. The van der Waals surface area contributed by atoms with Crippen molar-refractivity contribution in [1.82, 2.24) is 5.32 Å². The zero-order valence-electron chi connectivity index (χ0n) is 11.1. The quantitative estimate of drug-likeness (QED) is 0.749. The normalized spacial score (nSPS) is 9.63. The fraction of sp³-hybridized carbons (Fsp3) is 0.462. The molecule has 0 aliphatic rings. The van der Waals surface area contributed by atoms with E-state index in [4.69, 9.17) is 5.73 Å². The Morgan fingerprint density at radius 3 is 2.74 bits per heavy atom. The monoisotopic (exact) mass is 289 g/mol. The second kappa shape index (κ2) is 9.58. The third kappa shape index (κ3) is 6.40. The van der Waals surface area contributed by atoms with E-state index < -0.39 is 0 Å². The van der Waals surface area contributed by atoms with E-state index in [1.165, 1.54) is 6.07 Å². The number of halogens is 2. The molecule has 0 bridgehead atoms. The minimum absolute atomic E-state index is 0.